The second-order valence-corrected chi connectivity index (χ2v) is 6.63. The molecule has 1 heterocycles. The number of rotatable bonds is 6. The van der Waals surface area contributed by atoms with Gasteiger partial charge in [0, 0.05) is 23.8 Å². The lowest BCUT2D eigenvalue weighted by Gasteiger charge is -2.14. The Labute approximate surface area is 120 Å². The van der Waals surface area contributed by atoms with Crippen LogP contribution in [0.25, 0.3) is 0 Å². The van der Waals surface area contributed by atoms with Crippen LogP contribution in [0.15, 0.2) is 5.38 Å². The van der Waals surface area contributed by atoms with Gasteiger partial charge < -0.3 is 9.84 Å². The highest BCUT2D eigenvalue weighted by Gasteiger charge is 2.27. The normalized spacial score (nSPS) is 14.6. The first-order valence-corrected chi connectivity index (χ1v) is 7.23. The Bertz CT molecular complexity index is 412. The Hall–Kier alpha value is -0.660. The zero-order valence-corrected chi connectivity index (χ0v) is 12.6. The predicted molar refractivity (Wildman–Crippen MR) is 72.0 cm³/mol. The van der Waals surface area contributed by atoms with Crippen molar-refractivity contribution in [1.82, 2.24) is 4.98 Å². The molecule has 116 valence electrons. The molecule has 0 aromatic carbocycles. The largest absolute Gasteiger partial charge is 0.411 e. The van der Waals surface area contributed by atoms with Gasteiger partial charge in [-0.3, -0.25) is 0 Å². The summed E-state index contributed by atoms with van der Waals surface area (Å²) >= 11 is 1.46. The highest BCUT2D eigenvalue weighted by molar-refractivity contribution is 7.09. The van der Waals surface area contributed by atoms with Gasteiger partial charge >= 0.3 is 6.18 Å². The first-order valence-electron chi connectivity index (χ1n) is 6.35. The van der Waals surface area contributed by atoms with Crippen molar-refractivity contribution in [1.29, 1.82) is 0 Å². The lowest BCUT2D eigenvalue weighted by Crippen LogP contribution is -2.20. The van der Waals surface area contributed by atoms with E-state index in [9.17, 15) is 18.3 Å². The van der Waals surface area contributed by atoms with Crippen molar-refractivity contribution >= 4 is 11.3 Å². The number of hydrogen-bond donors (Lipinski definition) is 1. The molecule has 0 radical (unpaired) electrons. The Morgan fingerprint density at radius 1 is 1.35 bits per heavy atom. The van der Waals surface area contributed by atoms with Crippen molar-refractivity contribution in [2.45, 2.75) is 51.3 Å². The quantitative estimate of drug-likeness (QED) is 0.820. The minimum absolute atomic E-state index is 0.0461. The summed E-state index contributed by atoms with van der Waals surface area (Å²) in [5, 5.41) is 12.5. The van der Waals surface area contributed by atoms with Crippen LogP contribution in [0.5, 0.6) is 0 Å². The predicted octanol–water partition coefficient (Wildman–Crippen LogP) is 3.31. The van der Waals surface area contributed by atoms with Crippen LogP contribution in [-0.2, 0) is 16.6 Å². The van der Waals surface area contributed by atoms with Gasteiger partial charge in [-0.15, -0.1) is 11.3 Å². The van der Waals surface area contributed by atoms with Gasteiger partial charge in [-0.05, 0) is 6.42 Å². The van der Waals surface area contributed by atoms with Crippen molar-refractivity contribution < 1.29 is 23.0 Å². The molecule has 1 atom stereocenters. The van der Waals surface area contributed by atoms with Gasteiger partial charge in [-0.25, -0.2) is 4.98 Å². The molecule has 0 fully saturated rings. The Morgan fingerprint density at radius 3 is 2.50 bits per heavy atom. The molecule has 0 amide bonds. The average molecular weight is 311 g/mol. The van der Waals surface area contributed by atoms with E-state index in [1.165, 1.54) is 11.3 Å². The summed E-state index contributed by atoms with van der Waals surface area (Å²) in [6.07, 6.45) is -4.54. The van der Waals surface area contributed by atoms with Gasteiger partial charge in [-0.1, -0.05) is 20.8 Å². The Balaban J connectivity index is 2.32. The summed E-state index contributed by atoms with van der Waals surface area (Å²) < 4.78 is 40.0. The molecule has 0 spiro atoms. The third-order valence-electron chi connectivity index (χ3n) is 2.59. The van der Waals surface area contributed by atoms with E-state index >= 15 is 0 Å². The number of ether oxygens (including phenoxy) is 1. The standard InChI is InChI=1S/C13H20F3NO2S/c1-12(2,3)10-7-20-11(17-10)6-9(18)4-5-19-8-13(14,15)16/h7,9,18H,4-6,8H2,1-3H3. The van der Waals surface area contributed by atoms with Gasteiger partial charge in [-0.2, -0.15) is 13.2 Å². The molecule has 1 N–H and O–H groups in total. The zero-order chi connectivity index (χ0) is 15.4. The Morgan fingerprint density at radius 2 is 2.00 bits per heavy atom. The number of halogens is 3. The summed E-state index contributed by atoms with van der Waals surface area (Å²) in [6.45, 7) is 4.76. The fourth-order valence-electron chi connectivity index (χ4n) is 1.46. The van der Waals surface area contributed by atoms with Crippen LogP contribution in [0, 0.1) is 0 Å². The van der Waals surface area contributed by atoms with Crippen LogP contribution in [0.1, 0.15) is 37.9 Å². The van der Waals surface area contributed by atoms with Crippen LogP contribution in [-0.4, -0.2) is 35.6 Å². The number of aliphatic hydroxyl groups is 1. The van der Waals surface area contributed by atoms with E-state index in [0.717, 1.165) is 10.7 Å². The molecule has 1 aromatic rings. The molecule has 1 aromatic heterocycles. The van der Waals surface area contributed by atoms with Crippen LogP contribution in [0.4, 0.5) is 13.2 Å². The lowest BCUT2D eigenvalue weighted by atomic mass is 9.93. The van der Waals surface area contributed by atoms with Crippen LogP contribution < -0.4 is 0 Å². The number of alkyl halides is 3. The molecule has 0 bridgehead atoms. The third kappa shape index (κ3) is 6.67. The summed E-state index contributed by atoms with van der Waals surface area (Å²) in [7, 11) is 0. The van der Waals surface area contributed by atoms with Gasteiger partial charge in [0.2, 0.25) is 0 Å². The maximum atomic E-state index is 11.8. The van der Waals surface area contributed by atoms with E-state index in [2.05, 4.69) is 9.72 Å². The molecule has 1 unspecified atom stereocenters. The summed E-state index contributed by atoms with van der Waals surface area (Å²) in [5.41, 5.74) is 0.910. The third-order valence-corrected chi connectivity index (χ3v) is 3.46. The van der Waals surface area contributed by atoms with E-state index in [1.807, 2.05) is 26.2 Å². The second kappa shape index (κ2) is 6.87. The molecule has 0 aliphatic rings. The van der Waals surface area contributed by atoms with Gasteiger partial charge in [0.15, 0.2) is 0 Å². The number of aliphatic hydroxyl groups excluding tert-OH is 1. The molecular formula is C13H20F3NO2S. The minimum atomic E-state index is -4.32. The summed E-state index contributed by atoms with van der Waals surface area (Å²) in [4.78, 5) is 4.43. The SMILES string of the molecule is CC(C)(C)c1csc(CC(O)CCOCC(F)(F)F)n1. The van der Waals surface area contributed by atoms with Crippen LogP contribution in [0.2, 0.25) is 0 Å². The van der Waals surface area contributed by atoms with E-state index < -0.39 is 18.9 Å². The van der Waals surface area contributed by atoms with Gasteiger partial charge in [0.25, 0.3) is 0 Å². The Kier molecular flexibility index (Phi) is 5.97. The van der Waals surface area contributed by atoms with Crippen LogP contribution >= 0.6 is 11.3 Å². The molecule has 0 aliphatic heterocycles. The van der Waals surface area contributed by atoms with Crippen LogP contribution in [0.3, 0.4) is 0 Å². The molecule has 1 rings (SSSR count). The molecule has 3 nitrogen and oxygen atoms in total. The summed E-state index contributed by atoms with van der Waals surface area (Å²) in [5.74, 6) is 0. The first-order chi connectivity index (χ1) is 9.08. The second-order valence-electron chi connectivity index (χ2n) is 5.69. The van der Waals surface area contributed by atoms with Crippen molar-refractivity contribution in [3.05, 3.63) is 16.1 Å². The summed E-state index contributed by atoms with van der Waals surface area (Å²) in [6, 6.07) is 0. The molecule has 0 saturated carbocycles. The van der Waals surface area contributed by atoms with E-state index in [-0.39, 0.29) is 18.4 Å². The van der Waals surface area contributed by atoms with Crippen molar-refractivity contribution in [3.63, 3.8) is 0 Å². The molecule has 20 heavy (non-hydrogen) atoms. The number of hydrogen-bond acceptors (Lipinski definition) is 4. The van der Waals surface area contributed by atoms with Gasteiger partial charge in [0.05, 0.1) is 16.8 Å². The van der Waals surface area contributed by atoms with E-state index in [1.54, 1.807) is 0 Å². The molecule has 0 saturated heterocycles. The fourth-order valence-corrected chi connectivity index (χ4v) is 2.55. The van der Waals surface area contributed by atoms with E-state index in [4.69, 9.17) is 0 Å². The molecule has 0 aliphatic carbocycles. The van der Waals surface area contributed by atoms with E-state index in [0.29, 0.717) is 6.42 Å². The zero-order valence-electron chi connectivity index (χ0n) is 11.8. The smallest absolute Gasteiger partial charge is 0.393 e. The molecular weight excluding hydrogens is 291 g/mol. The topological polar surface area (TPSA) is 42.4 Å². The first kappa shape index (κ1) is 17.4. The number of aromatic nitrogens is 1. The average Bonchev–Trinajstić information content (AvgIpc) is 2.71. The van der Waals surface area contributed by atoms with Crippen molar-refractivity contribution in [3.8, 4) is 0 Å². The van der Waals surface area contributed by atoms with Crippen molar-refractivity contribution in [2.24, 2.45) is 0 Å². The lowest BCUT2D eigenvalue weighted by molar-refractivity contribution is -0.175. The van der Waals surface area contributed by atoms with Gasteiger partial charge in [0.1, 0.15) is 6.61 Å². The van der Waals surface area contributed by atoms with Crippen molar-refractivity contribution in [2.75, 3.05) is 13.2 Å². The maximum absolute atomic E-state index is 11.8. The number of nitrogens with zero attached hydrogens (tertiary/aromatic N) is 1. The molecule has 7 heteroatoms. The monoisotopic (exact) mass is 311 g/mol. The fraction of sp³-hybridized carbons (Fsp3) is 0.769. The number of thiazole rings is 1. The maximum Gasteiger partial charge on any atom is 0.411 e. The minimum Gasteiger partial charge on any atom is -0.393 e. The highest BCUT2D eigenvalue weighted by atomic mass is 32.1. The highest BCUT2D eigenvalue weighted by Crippen LogP contribution is 2.24.